The van der Waals surface area contributed by atoms with Crippen molar-refractivity contribution in [3.05, 3.63) is 0 Å². The van der Waals surface area contributed by atoms with Gasteiger partial charge in [0.15, 0.2) is 0 Å². The first-order valence-corrected chi connectivity index (χ1v) is 6.70. The number of hydrogen-bond donors (Lipinski definition) is 2. The summed E-state index contributed by atoms with van der Waals surface area (Å²) in [5.74, 6) is 0.711. The molecule has 16 heavy (non-hydrogen) atoms. The minimum absolute atomic E-state index is 0.297. The zero-order valence-electron chi connectivity index (χ0n) is 10.2. The van der Waals surface area contributed by atoms with Gasteiger partial charge in [0.05, 0.1) is 0 Å². The predicted molar refractivity (Wildman–Crippen MR) is 66.6 cm³/mol. The lowest BCUT2D eigenvalue weighted by Gasteiger charge is -2.14. The van der Waals surface area contributed by atoms with Gasteiger partial charge in [0.2, 0.25) is 5.91 Å². The van der Waals surface area contributed by atoms with Crippen LogP contribution in [0.1, 0.15) is 33.6 Å². The van der Waals surface area contributed by atoms with Crippen molar-refractivity contribution in [1.82, 2.24) is 5.32 Å². The monoisotopic (exact) mass is 247 g/mol. The van der Waals surface area contributed by atoms with Gasteiger partial charge >= 0.3 is 5.97 Å². The van der Waals surface area contributed by atoms with Gasteiger partial charge in [0.25, 0.3) is 0 Å². The van der Waals surface area contributed by atoms with E-state index in [9.17, 15) is 9.59 Å². The summed E-state index contributed by atoms with van der Waals surface area (Å²) >= 11 is 1.58. The molecule has 0 aliphatic rings. The SMILES string of the molecule is CCCC(C)CSCC(NC(C)=O)C(=O)O. The van der Waals surface area contributed by atoms with Crippen molar-refractivity contribution < 1.29 is 14.7 Å². The van der Waals surface area contributed by atoms with Crippen LogP contribution in [0.4, 0.5) is 0 Å². The average molecular weight is 247 g/mol. The minimum atomic E-state index is -0.967. The highest BCUT2D eigenvalue weighted by molar-refractivity contribution is 7.99. The molecule has 4 nitrogen and oxygen atoms in total. The maximum atomic E-state index is 10.8. The summed E-state index contributed by atoms with van der Waals surface area (Å²) < 4.78 is 0. The molecule has 2 N–H and O–H groups in total. The van der Waals surface area contributed by atoms with Crippen molar-refractivity contribution in [3.63, 3.8) is 0 Å². The van der Waals surface area contributed by atoms with E-state index in [0.717, 1.165) is 18.6 Å². The second kappa shape index (κ2) is 8.44. The first-order chi connectivity index (χ1) is 7.47. The van der Waals surface area contributed by atoms with Crippen LogP contribution in [0, 0.1) is 5.92 Å². The molecule has 0 spiro atoms. The molecule has 0 bridgehead atoms. The third-order valence-corrected chi connectivity index (χ3v) is 3.52. The number of hydrogen-bond acceptors (Lipinski definition) is 3. The maximum Gasteiger partial charge on any atom is 0.327 e. The molecule has 1 amide bonds. The lowest BCUT2D eigenvalue weighted by Crippen LogP contribution is -2.41. The Labute approximate surface area is 101 Å². The highest BCUT2D eigenvalue weighted by Crippen LogP contribution is 2.14. The molecular formula is C11H21NO3S. The van der Waals surface area contributed by atoms with Crippen LogP contribution in [0.25, 0.3) is 0 Å². The fourth-order valence-corrected chi connectivity index (χ4v) is 2.55. The highest BCUT2D eigenvalue weighted by atomic mass is 32.2. The number of aliphatic carboxylic acids is 1. The van der Waals surface area contributed by atoms with Crippen LogP contribution in [0.2, 0.25) is 0 Å². The number of thioether (sulfide) groups is 1. The van der Waals surface area contributed by atoms with Crippen molar-refractivity contribution in [1.29, 1.82) is 0 Å². The fourth-order valence-electron chi connectivity index (χ4n) is 1.38. The van der Waals surface area contributed by atoms with Gasteiger partial charge in [0, 0.05) is 12.7 Å². The molecule has 5 heteroatoms. The largest absolute Gasteiger partial charge is 0.480 e. The van der Waals surface area contributed by atoms with Crippen LogP contribution in [-0.4, -0.2) is 34.5 Å². The van der Waals surface area contributed by atoms with Gasteiger partial charge < -0.3 is 10.4 Å². The van der Waals surface area contributed by atoms with E-state index in [1.165, 1.54) is 6.92 Å². The topological polar surface area (TPSA) is 66.4 Å². The summed E-state index contributed by atoms with van der Waals surface area (Å²) in [5.41, 5.74) is 0. The second-order valence-corrected chi connectivity index (χ2v) is 5.10. The minimum Gasteiger partial charge on any atom is -0.480 e. The molecule has 2 atom stereocenters. The number of carboxylic acid groups (broad SMARTS) is 1. The van der Waals surface area contributed by atoms with Crippen molar-refractivity contribution >= 4 is 23.6 Å². The van der Waals surface area contributed by atoms with E-state index in [0.29, 0.717) is 11.7 Å². The summed E-state index contributed by atoms with van der Waals surface area (Å²) in [5, 5.41) is 11.3. The van der Waals surface area contributed by atoms with E-state index in [4.69, 9.17) is 5.11 Å². The standard InChI is InChI=1S/C11H21NO3S/c1-4-5-8(2)6-16-7-10(11(14)15)12-9(3)13/h8,10H,4-7H2,1-3H3,(H,12,13)(H,14,15). The van der Waals surface area contributed by atoms with Crippen molar-refractivity contribution in [2.45, 2.75) is 39.7 Å². The van der Waals surface area contributed by atoms with Crippen LogP contribution in [0.3, 0.4) is 0 Å². The van der Waals surface area contributed by atoms with Crippen LogP contribution in [-0.2, 0) is 9.59 Å². The van der Waals surface area contributed by atoms with Gasteiger partial charge in [-0.15, -0.1) is 0 Å². The summed E-state index contributed by atoms with van der Waals surface area (Å²) in [6, 6.07) is -0.767. The molecule has 0 heterocycles. The van der Waals surface area contributed by atoms with E-state index in [1.807, 2.05) is 0 Å². The Morgan fingerprint density at radius 1 is 1.38 bits per heavy atom. The molecule has 0 aliphatic carbocycles. The Morgan fingerprint density at radius 2 is 2.00 bits per heavy atom. The van der Waals surface area contributed by atoms with Crippen molar-refractivity contribution in [3.8, 4) is 0 Å². The lowest BCUT2D eigenvalue weighted by atomic mass is 10.1. The number of nitrogens with one attached hydrogen (secondary N) is 1. The van der Waals surface area contributed by atoms with E-state index in [1.54, 1.807) is 11.8 Å². The number of rotatable bonds is 8. The van der Waals surface area contributed by atoms with Crippen LogP contribution >= 0.6 is 11.8 Å². The molecule has 0 aliphatic heterocycles. The zero-order valence-corrected chi connectivity index (χ0v) is 11.0. The van der Waals surface area contributed by atoms with Crippen LogP contribution in [0.15, 0.2) is 0 Å². The number of carbonyl (C=O) groups is 2. The van der Waals surface area contributed by atoms with Crippen molar-refractivity contribution in [2.75, 3.05) is 11.5 Å². The van der Waals surface area contributed by atoms with Gasteiger partial charge in [-0.2, -0.15) is 11.8 Å². The van der Waals surface area contributed by atoms with Gasteiger partial charge in [-0.25, -0.2) is 4.79 Å². The molecule has 0 aromatic carbocycles. The van der Waals surface area contributed by atoms with Crippen LogP contribution < -0.4 is 5.32 Å². The molecule has 0 radical (unpaired) electrons. The Bertz CT molecular complexity index is 233. The summed E-state index contributed by atoms with van der Waals surface area (Å²) in [6.07, 6.45) is 2.31. The van der Waals surface area contributed by atoms with Gasteiger partial charge in [-0.1, -0.05) is 26.7 Å². The molecule has 0 saturated heterocycles. The van der Waals surface area contributed by atoms with Crippen LogP contribution in [0.5, 0.6) is 0 Å². The lowest BCUT2D eigenvalue weighted by molar-refractivity contribution is -0.140. The zero-order chi connectivity index (χ0) is 12.6. The molecule has 0 fully saturated rings. The average Bonchev–Trinajstić information content (AvgIpc) is 2.15. The molecular weight excluding hydrogens is 226 g/mol. The molecule has 0 aromatic heterocycles. The molecule has 94 valence electrons. The van der Waals surface area contributed by atoms with Gasteiger partial charge in [-0.05, 0) is 11.7 Å². The third kappa shape index (κ3) is 7.56. The quantitative estimate of drug-likeness (QED) is 0.685. The number of carbonyl (C=O) groups excluding carboxylic acids is 1. The third-order valence-electron chi connectivity index (χ3n) is 2.14. The Hall–Kier alpha value is -0.710. The van der Waals surface area contributed by atoms with Gasteiger partial charge in [0.1, 0.15) is 6.04 Å². The summed E-state index contributed by atoms with van der Waals surface area (Å²) in [7, 11) is 0. The number of carboxylic acids is 1. The first-order valence-electron chi connectivity index (χ1n) is 5.55. The summed E-state index contributed by atoms with van der Waals surface area (Å²) in [4.78, 5) is 21.6. The Morgan fingerprint density at radius 3 is 2.44 bits per heavy atom. The molecule has 0 aromatic rings. The first kappa shape index (κ1) is 15.3. The summed E-state index contributed by atoms with van der Waals surface area (Å²) in [6.45, 7) is 5.63. The molecule has 0 rings (SSSR count). The fraction of sp³-hybridized carbons (Fsp3) is 0.818. The molecule has 2 unspecified atom stereocenters. The van der Waals surface area contributed by atoms with E-state index in [2.05, 4.69) is 19.2 Å². The van der Waals surface area contributed by atoms with Gasteiger partial charge in [-0.3, -0.25) is 4.79 Å². The Balaban J connectivity index is 3.84. The second-order valence-electron chi connectivity index (χ2n) is 4.02. The smallest absolute Gasteiger partial charge is 0.327 e. The predicted octanol–water partition coefficient (Wildman–Crippen LogP) is 1.75. The van der Waals surface area contributed by atoms with E-state index in [-0.39, 0.29) is 5.91 Å². The highest BCUT2D eigenvalue weighted by Gasteiger charge is 2.18. The molecule has 0 saturated carbocycles. The maximum absolute atomic E-state index is 10.8. The van der Waals surface area contributed by atoms with E-state index < -0.39 is 12.0 Å². The Kier molecular flexibility index (Phi) is 8.07. The normalized spacial score (nSPS) is 14.2. The van der Waals surface area contributed by atoms with E-state index >= 15 is 0 Å². The number of amides is 1. The van der Waals surface area contributed by atoms with Crippen molar-refractivity contribution in [2.24, 2.45) is 5.92 Å².